The number of fused-ring (bicyclic) bond motifs is 2. The van der Waals surface area contributed by atoms with Crippen LogP contribution < -0.4 is 16.0 Å². The van der Waals surface area contributed by atoms with Crippen LogP contribution >= 0.6 is 0 Å². The molecule has 306 valence electrons. The monoisotopic (exact) mass is 776 g/mol. The van der Waals surface area contributed by atoms with E-state index in [0.29, 0.717) is 49.2 Å². The Morgan fingerprint density at radius 1 is 1.05 bits per heavy atom. The highest BCUT2D eigenvalue weighted by Crippen LogP contribution is 2.46. The van der Waals surface area contributed by atoms with Crippen molar-refractivity contribution in [3.8, 4) is 0 Å². The summed E-state index contributed by atoms with van der Waals surface area (Å²) in [4.78, 5) is 64.1. The smallest absolute Gasteiger partial charge is 0.407 e. The van der Waals surface area contributed by atoms with Gasteiger partial charge in [0.1, 0.15) is 18.2 Å². The number of nitrogens with zero attached hydrogens (tertiary/aromatic N) is 1. The van der Waals surface area contributed by atoms with Gasteiger partial charge in [0.15, 0.2) is 6.23 Å². The van der Waals surface area contributed by atoms with E-state index in [2.05, 4.69) is 75.7 Å². The van der Waals surface area contributed by atoms with Crippen LogP contribution in [0.2, 0.25) is 0 Å². The number of cyclic esters (lactones) is 1. The number of allylic oxidation sites excluding steroid dienone is 3. The molecule has 9 atom stereocenters. The first kappa shape index (κ1) is 41.4. The lowest BCUT2D eigenvalue weighted by molar-refractivity contribution is -0.160. The van der Waals surface area contributed by atoms with Crippen molar-refractivity contribution in [2.45, 2.75) is 130 Å². The van der Waals surface area contributed by atoms with Crippen LogP contribution in [-0.2, 0) is 23.9 Å². The van der Waals surface area contributed by atoms with Crippen LogP contribution in [0, 0.1) is 34.5 Å². The number of aliphatic hydroxyl groups excluding tert-OH is 2. The van der Waals surface area contributed by atoms with Crippen molar-refractivity contribution in [2.24, 2.45) is 34.5 Å². The summed E-state index contributed by atoms with van der Waals surface area (Å²) in [5.41, 5.74) is 2.18. The molecule has 3 aliphatic heterocycles. The third kappa shape index (κ3) is 9.48. The van der Waals surface area contributed by atoms with Crippen molar-refractivity contribution < 1.29 is 43.7 Å². The van der Waals surface area contributed by atoms with Crippen molar-refractivity contribution in [3.05, 3.63) is 53.1 Å². The second-order valence-electron chi connectivity index (χ2n) is 18.4. The van der Waals surface area contributed by atoms with Crippen LogP contribution in [0.15, 0.2) is 42.0 Å². The predicted molar refractivity (Wildman–Crippen MR) is 209 cm³/mol. The van der Waals surface area contributed by atoms with E-state index in [0.717, 1.165) is 19.3 Å². The zero-order valence-electron chi connectivity index (χ0n) is 33.6. The van der Waals surface area contributed by atoms with Crippen LogP contribution in [0.1, 0.15) is 121 Å². The number of amides is 4. The Bertz CT molecular complexity index is 1750. The van der Waals surface area contributed by atoms with Crippen LogP contribution in [-0.4, -0.2) is 82.3 Å². The first-order valence-corrected chi connectivity index (χ1v) is 20.3. The Labute approximate surface area is 330 Å². The number of nitrogens with one attached hydrogen (secondary N) is 3. The summed E-state index contributed by atoms with van der Waals surface area (Å²) in [6.45, 7) is 13.9. The highest BCUT2D eigenvalue weighted by atomic mass is 16.6. The second-order valence-corrected chi connectivity index (χ2v) is 18.4. The summed E-state index contributed by atoms with van der Waals surface area (Å²) < 4.78 is 11.7. The van der Waals surface area contributed by atoms with Crippen LogP contribution in [0.3, 0.4) is 0 Å². The van der Waals surface area contributed by atoms with Crippen molar-refractivity contribution in [3.63, 3.8) is 0 Å². The fourth-order valence-corrected chi connectivity index (χ4v) is 9.93. The van der Waals surface area contributed by atoms with E-state index in [9.17, 15) is 34.2 Å². The maximum absolute atomic E-state index is 13.3. The highest BCUT2D eigenvalue weighted by molar-refractivity contribution is 6.06. The molecule has 5 aliphatic rings. The molecule has 2 saturated heterocycles. The van der Waals surface area contributed by atoms with E-state index in [1.807, 2.05) is 6.07 Å². The SMILES string of the molecule is C[C@H]1C=C2C=C[C@H](C)[C@H](CC[C@@H]3C[C@@H](O)CC(=O)O3)[C@H]2[C@@H](OC(=O)NCCC(C)(C)CC(C)(C)CNc2cccc3c2C(O)N(C2CCC(=O)NC2=O)C3=O)C1. The van der Waals surface area contributed by atoms with Gasteiger partial charge in [-0.3, -0.25) is 29.4 Å². The Kier molecular flexibility index (Phi) is 12.4. The lowest BCUT2D eigenvalue weighted by Crippen LogP contribution is -2.53. The zero-order valence-corrected chi connectivity index (χ0v) is 33.6. The minimum Gasteiger partial charge on any atom is -0.462 e. The molecule has 6 rings (SSSR count). The lowest BCUT2D eigenvalue weighted by atomic mass is 9.65. The van der Waals surface area contributed by atoms with Crippen LogP contribution in [0.4, 0.5) is 10.5 Å². The number of hydrogen-bond donors (Lipinski definition) is 5. The molecule has 0 aromatic heterocycles. The number of hydrogen-bond acceptors (Lipinski definition) is 10. The zero-order chi connectivity index (χ0) is 40.5. The summed E-state index contributed by atoms with van der Waals surface area (Å²) >= 11 is 0. The Balaban J connectivity index is 1.01. The predicted octanol–water partition coefficient (Wildman–Crippen LogP) is 5.53. The number of carbonyl (C=O) groups excluding carboxylic acids is 5. The van der Waals surface area contributed by atoms with Gasteiger partial charge in [-0.25, -0.2) is 4.79 Å². The number of carbonyl (C=O) groups is 5. The molecule has 2 unspecified atom stereocenters. The van der Waals surface area contributed by atoms with Gasteiger partial charge in [0.2, 0.25) is 11.8 Å². The molecule has 4 amide bonds. The molecule has 0 spiro atoms. The van der Waals surface area contributed by atoms with Gasteiger partial charge in [-0.1, -0.05) is 65.8 Å². The topological polar surface area (TPSA) is 184 Å². The normalized spacial score (nSPS) is 30.5. The van der Waals surface area contributed by atoms with Gasteiger partial charge in [0, 0.05) is 48.7 Å². The number of esters is 1. The summed E-state index contributed by atoms with van der Waals surface area (Å²) in [5.74, 6) is -1.01. The van der Waals surface area contributed by atoms with Gasteiger partial charge >= 0.3 is 12.1 Å². The largest absolute Gasteiger partial charge is 0.462 e. The van der Waals surface area contributed by atoms with Crippen molar-refractivity contribution in [2.75, 3.05) is 18.4 Å². The summed E-state index contributed by atoms with van der Waals surface area (Å²) in [7, 11) is 0. The van der Waals surface area contributed by atoms with E-state index in [-0.39, 0.29) is 77.8 Å². The van der Waals surface area contributed by atoms with E-state index < -0.39 is 36.3 Å². The lowest BCUT2D eigenvalue weighted by Gasteiger charge is -2.43. The van der Waals surface area contributed by atoms with Crippen LogP contribution in [0.25, 0.3) is 0 Å². The molecule has 1 aromatic carbocycles. The van der Waals surface area contributed by atoms with Gasteiger partial charge in [0.25, 0.3) is 5.91 Å². The Morgan fingerprint density at radius 2 is 1.82 bits per heavy atom. The molecule has 13 heteroatoms. The summed E-state index contributed by atoms with van der Waals surface area (Å²) in [6, 6.07) is 4.28. The van der Waals surface area contributed by atoms with Gasteiger partial charge in [-0.05, 0) is 84.8 Å². The third-order valence-electron chi connectivity index (χ3n) is 12.3. The number of ether oxygens (including phenoxy) is 2. The van der Waals surface area contributed by atoms with Gasteiger partial charge in [-0.2, -0.15) is 0 Å². The number of benzene rings is 1. The van der Waals surface area contributed by atoms with Gasteiger partial charge < -0.3 is 30.3 Å². The molecule has 5 N–H and O–H groups in total. The number of alkyl carbamates (subject to hydrolysis) is 1. The summed E-state index contributed by atoms with van der Waals surface area (Å²) in [6.07, 6.45) is 8.11. The molecular weight excluding hydrogens is 716 g/mol. The van der Waals surface area contributed by atoms with Gasteiger partial charge in [-0.15, -0.1) is 0 Å². The molecule has 0 bridgehead atoms. The number of piperidine rings is 1. The average Bonchev–Trinajstić information content (AvgIpc) is 3.35. The fraction of sp³-hybridized carbons (Fsp3) is 0.651. The van der Waals surface area contributed by atoms with Crippen molar-refractivity contribution in [1.29, 1.82) is 0 Å². The van der Waals surface area contributed by atoms with Crippen molar-refractivity contribution in [1.82, 2.24) is 15.5 Å². The maximum Gasteiger partial charge on any atom is 0.407 e. The molecule has 0 saturated carbocycles. The average molecular weight is 777 g/mol. The highest BCUT2D eigenvalue weighted by Gasteiger charge is 2.46. The number of imide groups is 1. The first-order chi connectivity index (χ1) is 26.4. The maximum atomic E-state index is 13.3. The fourth-order valence-electron chi connectivity index (χ4n) is 9.93. The van der Waals surface area contributed by atoms with E-state index in [1.54, 1.807) is 12.1 Å². The number of aliphatic hydroxyl groups is 2. The molecular formula is C43H60N4O9. The molecule has 2 fully saturated rings. The molecule has 13 nitrogen and oxygen atoms in total. The van der Waals surface area contributed by atoms with Crippen LogP contribution in [0.5, 0.6) is 0 Å². The number of rotatable bonds is 13. The first-order valence-electron chi connectivity index (χ1n) is 20.3. The van der Waals surface area contributed by atoms with Gasteiger partial charge in [0.05, 0.1) is 12.5 Å². The summed E-state index contributed by atoms with van der Waals surface area (Å²) in [5, 5.41) is 30.2. The molecule has 1 aromatic rings. The molecule has 56 heavy (non-hydrogen) atoms. The molecule has 0 radical (unpaired) electrons. The standard InChI is InChI=1S/C43H60N4O9/c1-24-18-26-11-10-25(2)29(13-12-28-20-27(48)21-35(50)55-28)36(26)33(19-24)56-41(54)44-17-16-42(3,4)22-43(5,6)23-45-31-9-7-8-30-37(31)40(53)47(39(30)52)32-14-15-34(49)46-38(32)51/h7-11,18,24-25,27-29,32-33,36,40,45,48,53H,12-17,19-23H2,1-6H3,(H,44,54)(H,46,49,51)/t24-,25-,27+,28+,29-,32?,33-,36-,40?/m0/s1. The third-order valence-corrected chi connectivity index (χ3v) is 12.3. The minimum atomic E-state index is -1.32. The van der Waals surface area contributed by atoms with E-state index in [4.69, 9.17) is 9.47 Å². The van der Waals surface area contributed by atoms with E-state index >= 15 is 0 Å². The van der Waals surface area contributed by atoms with E-state index in [1.165, 1.54) is 10.5 Å². The second kappa shape index (κ2) is 16.7. The van der Waals surface area contributed by atoms with Crippen molar-refractivity contribution >= 4 is 35.5 Å². The number of anilines is 1. The quantitative estimate of drug-likeness (QED) is 0.126. The molecule has 3 heterocycles. The minimum absolute atomic E-state index is 0.0384. The molecule has 2 aliphatic carbocycles. The Morgan fingerprint density at radius 3 is 2.55 bits per heavy atom. The Hall–Kier alpha value is -4.23.